The largest absolute Gasteiger partial charge is 0.502 e. The van der Waals surface area contributed by atoms with Crippen molar-refractivity contribution < 1.29 is 34.1 Å². The van der Waals surface area contributed by atoms with Gasteiger partial charge in [0.2, 0.25) is 11.7 Å². The molecule has 2 aromatic carbocycles. The molecule has 0 atom stereocenters. The number of phenols is 1. The molecule has 2 amide bonds. The summed E-state index contributed by atoms with van der Waals surface area (Å²) in [6.07, 6.45) is 4.03. The Morgan fingerprint density at radius 3 is 2.31 bits per heavy atom. The lowest BCUT2D eigenvalue weighted by Gasteiger charge is -2.14. The lowest BCUT2D eigenvalue weighted by molar-refractivity contribution is -0.122. The number of hydrogen-bond donors (Lipinski definition) is 3. The number of rotatable bonds is 11. The van der Waals surface area contributed by atoms with Crippen molar-refractivity contribution in [3.63, 3.8) is 0 Å². The van der Waals surface area contributed by atoms with E-state index in [2.05, 4.69) is 5.32 Å². The zero-order chi connectivity index (χ0) is 26.2. The van der Waals surface area contributed by atoms with Crippen LogP contribution in [0.2, 0.25) is 0 Å². The molecule has 190 valence electrons. The molecule has 11 heteroatoms. The Bertz CT molecular complexity index is 1170. The van der Waals surface area contributed by atoms with Crippen LogP contribution < -0.4 is 14.8 Å². The van der Waals surface area contributed by atoms with Gasteiger partial charge >= 0.3 is 5.97 Å². The smallest absolute Gasteiger partial charge is 0.335 e. The second kappa shape index (κ2) is 12.4. The third-order valence-corrected chi connectivity index (χ3v) is 6.75. The average Bonchev–Trinajstić information content (AvgIpc) is 3.12. The van der Waals surface area contributed by atoms with Gasteiger partial charge in [-0.25, -0.2) is 4.79 Å². The number of thiocarbonyl (C=S) groups is 1. The number of nitrogens with one attached hydrogen (secondary N) is 1. The summed E-state index contributed by atoms with van der Waals surface area (Å²) in [7, 11) is 2.86. The van der Waals surface area contributed by atoms with Gasteiger partial charge in [0.25, 0.3) is 5.91 Å². The normalized spacial score (nSPS) is 14.3. The van der Waals surface area contributed by atoms with Gasteiger partial charge < -0.3 is 25.0 Å². The van der Waals surface area contributed by atoms with Gasteiger partial charge in [0.05, 0.1) is 24.7 Å². The molecule has 3 rings (SSSR count). The molecule has 2 aromatic rings. The van der Waals surface area contributed by atoms with Gasteiger partial charge in [0, 0.05) is 18.7 Å². The third-order valence-electron chi connectivity index (χ3n) is 5.37. The molecule has 0 unspecified atom stereocenters. The molecule has 1 saturated heterocycles. The van der Waals surface area contributed by atoms with Crippen LogP contribution in [-0.2, 0) is 9.59 Å². The summed E-state index contributed by atoms with van der Waals surface area (Å²) in [5.74, 6) is -1.03. The Kier molecular flexibility index (Phi) is 9.31. The van der Waals surface area contributed by atoms with E-state index in [0.29, 0.717) is 46.3 Å². The number of anilines is 1. The van der Waals surface area contributed by atoms with E-state index < -0.39 is 5.97 Å². The van der Waals surface area contributed by atoms with Crippen LogP contribution >= 0.6 is 24.0 Å². The molecule has 1 fully saturated rings. The van der Waals surface area contributed by atoms with Crippen LogP contribution in [0.4, 0.5) is 5.69 Å². The van der Waals surface area contributed by atoms with Crippen LogP contribution in [0.25, 0.3) is 6.08 Å². The minimum atomic E-state index is -1.02. The summed E-state index contributed by atoms with van der Waals surface area (Å²) in [6, 6.07) is 9.18. The molecule has 1 aliphatic rings. The number of carbonyl (C=O) groups is 3. The zero-order valence-electron chi connectivity index (χ0n) is 19.8. The Balaban J connectivity index is 1.47. The number of aromatic hydroxyl groups is 1. The number of benzene rings is 2. The Labute approximate surface area is 218 Å². The molecule has 0 radical (unpaired) electrons. The summed E-state index contributed by atoms with van der Waals surface area (Å²) in [5.41, 5.74) is 1.32. The van der Waals surface area contributed by atoms with E-state index in [1.165, 1.54) is 38.1 Å². The summed E-state index contributed by atoms with van der Waals surface area (Å²) < 4.78 is 10.8. The highest BCUT2D eigenvalue weighted by atomic mass is 32.2. The van der Waals surface area contributed by atoms with Crippen molar-refractivity contribution in [1.29, 1.82) is 0 Å². The van der Waals surface area contributed by atoms with Crippen LogP contribution in [0.3, 0.4) is 0 Å². The lowest BCUT2D eigenvalue weighted by Crippen LogP contribution is -2.29. The Morgan fingerprint density at radius 1 is 1.08 bits per heavy atom. The Morgan fingerprint density at radius 2 is 1.72 bits per heavy atom. The van der Waals surface area contributed by atoms with Crippen molar-refractivity contribution in [2.24, 2.45) is 0 Å². The zero-order valence-corrected chi connectivity index (χ0v) is 21.4. The summed E-state index contributed by atoms with van der Waals surface area (Å²) in [4.78, 5) is 37.9. The first kappa shape index (κ1) is 27.0. The summed E-state index contributed by atoms with van der Waals surface area (Å²) in [5, 5.41) is 21.7. The lowest BCUT2D eigenvalue weighted by atomic mass is 10.1. The van der Waals surface area contributed by atoms with E-state index in [-0.39, 0.29) is 34.6 Å². The summed E-state index contributed by atoms with van der Waals surface area (Å²) in [6.45, 7) is 0.447. The highest BCUT2D eigenvalue weighted by Gasteiger charge is 2.31. The number of phenolic OH excluding ortho intramolecular Hbond substituents is 1. The predicted molar refractivity (Wildman–Crippen MR) is 142 cm³/mol. The minimum absolute atomic E-state index is 0.116. The maximum atomic E-state index is 12.9. The highest BCUT2D eigenvalue weighted by Crippen LogP contribution is 2.39. The van der Waals surface area contributed by atoms with E-state index in [1.807, 2.05) is 0 Å². The standard InChI is InChI=1S/C25H26N2O7S2/c1-33-18-12-15(13-19(34-2)22(18)29)14-20-23(30)27(25(35)36-20)11-5-3-4-6-21(28)26-17-9-7-16(8-10-17)24(31)32/h7-10,12-14,29H,3-6,11H2,1-2H3,(H,26,28)(H,31,32)/b20-14-. The second-order valence-corrected chi connectivity index (χ2v) is 9.52. The molecular weight excluding hydrogens is 504 g/mol. The molecule has 1 heterocycles. The third kappa shape index (κ3) is 6.76. The van der Waals surface area contributed by atoms with Crippen LogP contribution in [0, 0.1) is 0 Å². The number of carboxylic acid groups (broad SMARTS) is 1. The fraction of sp³-hybridized carbons (Fsp3) is 0.280. The molecular formula is C25H26N2O7S2. The minimum Gasteiger partial charge on any atom is -0.502 e. The van der Waals surface area contributed by atoms with E-state index >= 15 is 0 Å². The molecule has 0 spiro atoms. The molecule has 3 N–H and O–H groups in total. The number of nitrogens with zero attached hydrogens (tertiary/aromatic N) is 1. The average molecular weight is 531 g/mol. The van der Waals surface area contributed by atoms with Gasteiger partial charge in [-0.1, -0.05) is 30.4 Å². The van der Waals surface area contributed by atoms with Gasteiger partial charge in [0.1, 0.15) is 4.32 Å². The molecule has 0 aliphatic carbocycles. The molecule has 0 saturated carbocycles. The maximum Gasteiger partial charge on any atom is 0.335 e. The SMILES string of the molecule is COc1cc(/C=C2\SC(=S)N(CCCCCC(=O)Nc3ccc(C(=O)O)cc3)C2=O)cc(OC)c1O. The monoisotopic (exact) mass is 530 g/mol. The highest BCUT2D eigenvalue weighted by molar-refractivity contribution is 8.26. The quantitative estimate of drug-likeness (QED) is 0.219. The topological polar surface area (TPSA) is 125 Å². The molecule has 0 bridgehead atoms. The van der Waals surface area contributed by atoms with Gasteiger partial charge in [0.15, 0.2) is 11.5 Å². The van der Waals surface area contributed by atoms with Crippen molar-refractivity contribution in [1.82, 2.24) is 4.90 Å². The number of carbonyl (C=O) groups excluding carboxylic acids is 2. The van der Waals surface area contributed by atoms with Crippen LogP contribution in [0.15, 0.2) is 41.3 Å². The first-order valence-corrected chi connectivity index (χ1v) is 12.3. The predicted octanol–water partition coefficient (Wildman–Crippen LogP) is 4.51. The first-order valence-electron chi connectivity index (χ1n) is 11.1. The van der Waals surface area contributed by atoms with Gasteiger partial charge in [-0.3, -0.25) is 14.5 Å². The van der Waals surface area contributed by atoms with Gasteiger partial charge in [-0.15, -0.1) is 0 Å². The van der Waals surface area contributed by atoms with E-state index in [0.717, 1.165) is 6.42 Å². The second-order valence-electron chi connectivity index (χ2n) is 7.85. The molecule has 36 heavy (non-hydrogen) atoms. The van der Waals surface area contributed by atoms with Crippen molar-refractivity contribution >= 4 is 57.8 Å². The van der Waals surface area contributed by atoms with Gasteiger partial charge in [-0.05, 0) is 60.9 Å². The number of aromatic carboxylic acids is 1. The maximum absolute atomic E-state index is 12.9. The number of amides is 2. The molecule has 0 aromatic heterocycles. The number of ether oxygens (including phenoxy) is 2. The van der Waals surface area contributed by atoms with Gasteiger partial charge in [-0.2, -0.15) is 0 Å². The summed E-state index contributed by atoms with van der Waals surface area (Å²) >= 11 is 6.59. The van der Waals surface area contributed by atoms with E-state index in [1.54, 1.807) is 35.2 Å². The van der Waals surface area contributed by atoms with E-state index in [4.69, 9.17) is 26.8 Å². The molecule has 9 nitrogen and oxygen atoms in total. The fourth-order valence-electron chi connectivity index (χ4n) is 3.49. The number of unbranched alkanes of at least 4 members (excludes halogenated alkanes) is 2. The van der Waals surface area contributed by atoms with Crippen molar-refractivity contribution in [3.05, 3.63) is 52.4 Å². The number of thioether (sulfide) groups is 1. The number of hydrogen-bond acceptors (Lipinski definition) is 8. The van der Waals surface area contributed by atoms with Crippen LogP contribution in [0.5, 0.6) is 17.2 Å². The van der Waals surface area contributed by atoms with Crippen LogP contribution in [0.1, 0.15) is 41.6 Å². The number of methoxy groups -OCH3 is 2. The number of carboxylic acids is 1. The fourth-order valence-corrected chi connectivity index (χ4v) is 4.80. The van der Waals surface area contributed by atoms with Crippen molar-refractivity contribution in [3.8, 4) is 17.2 Å². The van der Waals surface area contributed by atoms with Crippen LogP contribution in [-0.4, -0.2) is 58.0 Å². The molecule has 1 aliphatic heterocycles. The first-order chi connectivity index (χ1) is 17.2. The van der Waals surface area contributed by atoms with Crippen molar-refractivity contribution in [2.45, 2.75) is 25.7 Å². The van der Waals surface area contributed by atoms with Crippen molar-refractivity contribution in [2.75, 3.05) is 26.1 Å². The Hall–Kier alpha value is -3.57. The van der Waals surface area contributed by atoms with E-state index in [9.17, 15) is 19.5 Å².